The number of hydrogen-bond acceptors (Lipinski definition) is 3. The summed E-state index contributed by atoms with van der Waals surface area (Å²) in [7, 11) is 0. The molecule has 3 aromatic carbocycles. The molecule has 4 aromatic rings. The predicted octanol–water partition coefficient (Wildman–Crippen LogP) is 4.81. The fourth-order valence-electron chi connectivity index (χ4n) is 4.19. The number of benzene rings is 3. The van der Waals surface area contributed by atoms with Gasteiger partial charge in [-0.2, -0.15) is 0 Å². The van der Waals surface area contributed by atoms with Gasteiger partial charge in [0.2, 0.25) is 5.91 Å². The molecular weight excluding hydrogens is 388 g/mol. The average molecular weight is 410 g/mol. The van der Waals surface area contributed by atoms with Gasteiger partial charge in [0.1, 0.15) is 0 Å². The van der Waals surface area contributed by atoms with E-state index < -0.39 is 0 Å². The topological polar surface area (TPSA) is 62.6 Å². The zero-order valence-corrected chi connectivity index (χ0v) is 17.0. The van der Waals surface area contributed by atoms with Crippen LogP contribution in [0.2, 0.25) is 0 Å². The lowest BCUT2D eigenvalue weighted by molar-refractivity contribution is -0.115. The van der Waals surface area contributed by atoms with E-state index in [1.807, 2.05) is 48.5 Å². The number of nitrogens with zero attached hydrogens (tertiary/aromatic N) is 1. The molecule has 0 saturated heterocycles. The van der Waals surface area contributed by atoms with Gasteiger partial charge < -0.3 is 14.6 Å². The summed E-state index contributed by atoms with van der Waals surface area (Å²) in [6.07, 6.45) is 2.60. The van der Waals surface area contributed by atoms with Crippen LogP contribution in [0.4, 0.5) is 5.69 Å². The summed E-state index contributed by atoms with van der Waals surface area (Å²) >= 11 is 0. The molecule has 5 nitrogen and oxygen atoms in total. The molecule has 1 N–H and O–H groups in total. The van der Waals surface area contributed by atoms with Crippen LogP contribution < -0.4 is 5.32 Å². The summed E-state index contributed by atoms with van der Waals surface area (Å²) in [5.74, 6) is 0.180. The number of amides is 2. The highest BCUT2D eigenvalue weighted by Crippen LogP contribution is 2.25. The Morgan fingerprint density at radius 2 is 1.81 bits per heavy atom. The molecule has 0 atom stereocenters. The summed E-state index contributed by atoms with van der Waals surface area (Å²) in [6, 6.07) is 23.5. The van der Waals surface area contributed by atoms with Crippen LogP contribution in [0.25, 0.3) is 10.8 Å². The number of carbonyl (C=O) groups excluding carboxylic acids is 2. The molecule has 1 aliphatic rings. The van der Waals surface area contributed by atoms with Gasteiger partial charge in [-0.15, -0.1) is 0 Å². The highest BCUT2D eigenvalue weighted by molar-refractivity contribution is 5.96. The van der Waals surface area contributed by atoms with Crippen LogP contribution in [0.3, 0.4) is 0 Å². The third-order valence-electron chi connectivity index (χ3n) is 5.75. The lowest BCUT2D eigenvalue weighted by Gasteiger charge is -2.28. The van der Waals surface area contributed by atoms with E-state index >= 15 is 0 Å². The molecule has 0 spiro atoms. The standard InChI is InChI=1S/C26H22N2O3/c29-25(16-20-7-3-6-19-5-1-2-8-23(19)20)27-22-11-10-18-12-13-28(17-21(18)15-22)26(30)24-9-4-14-31-24/h1-11,14-15H,12-13,16-17H2,(H,27,29). The summed E-state index contributed by atoms with van der Waals surface area (Å²) in [5, 5.41) is 5.24. The van der Waals surface area contributed by atoms with E-state index in [0.29, 0.717) is 25.3 Å². The minimum atomic E-state index is -0.110. The van der Waals surface area contributed by atoms with Gasteiger partial charge in [-0.3, -0.25) is 9.59 Å². The number of hydrogen-bond donors (Lipinski definition) is 1. The molecule has 2 heterocycles. The monoisotopic (exact) mass is 410 g/mol. The number of rotatable bonds is 4. The Labute approximate surface area is 180 Å². The maximum Gasteiger partial charge on any atom is 0.289 e. The average Bonchev–Trinajstić information content (AvgIpc) is 3.33. The molecule has 1 aliphatic heterocycles. The smallest absolute Gasteiger partial charge is 0.289 e. The predicted molar refractivity (Wildman–Crippen MR) is 120 cm³/mol. The Kier molecular flexibility index (Phi) is 5.00. The molecule has 1 aromatic heterocycles. The molecule has 5 heteroatoms. The first-order chi connectivity index (χ1) is 15.2. The quantitative estimate of drug-likeness (QED) is 0.525. The van der Waals surface area contributed by atoms with Crippen molar-refractivity contribution < 1.29 is 14.0 Å². The van der Waals surface area contributed by atoms with E-state index in [1.54, 1.807) is 17.0 Å². The van der Waals surface area contributed by atoms with Gasteiger partial charge in [-0.05, 0) is 58.1 Å². The first-order valence-corrected chi connectivity index (χ1v) is 10.4. The highest BCUT2D eigenvalue weighted by Gasteiger charge is 2.23. The highest BCUT2D eigenvalue weighted by atomic mass is 16.3. The zero-order chi connectivity index (χ0) is 21.2. The fraction of sp³-hybridized carbons (Fsp3) is 0.154. The third-order valence-corrected chi connectivity index (χ3v) is 5.75. The van der Waals surface area contributed by atoms with Gasteiger partial charge in [-0.1, -0.05) is 48.5 Å². The van der Waals surface area contributed by atoms with E-state index in [2.05, 4.69) is 17.4 Å². The van der Waals surface area contributed by atoms with E-state index in [0.717, 1.165) is 34.0 Å². The second-order valence-electron chi connectivity index (χ2n) is 7.80. The lowest BCUT2D eigenvalue weighted by atomic mass is 9.98. The number of furan rings is 1. The van der Waals surface area contributed by atoms with Crippen molar-refractivity contribution in [3.63, 3.8) is 0 Å². The minimum Gasteiger partial charge on any atom is -0.459 e. The first-order valence-electron chi connectivity index (χ1n) is 10.4. The third kappa shape index (κ3) is 3.94. The number of fused-ring (bicyclic) bond motifs is 2. The SMILES string of the molecule is O=C(Cc1cccc2ccccc12)Nc1ccc2c(c1)CN(C(=O)c1ccco1)CC2. The molecule has 0 fully saturated rings. The fourth-order valence-corrected chi connectivity index (χ4v) is 4.19. The summed E-state index contributed by atoms with van der Waals surface area (Å²) < 4.78 is 5.25. The van der Waals surface area contributed by atoms with E-state index in [9.17, 15) is 9.59 Å². The normalized spacial score (nSPS) is 13.1. The lowest BCUT2D eigenvalue weighted by Crippen LogP contribution is -2.35. The summed E-state index contributed by atoms with van der Waals surface area (Å²) in [5.41, 5.74) is 4.00. The number of anilines is 1. The van der Waals surface area contributed by atoms with Crippen molar-refractivity contribution >= 4 is 28.3 Å². The van der Waals surface area contributed by atoms with Crippen molar-refractivity contribution in [3.8, 4) is 0 Å². The van der Waals surface area contributed by atoms with Gasteiger partial charge in [0, 0.05) is 18.8 Å². The second kappa shape index (κ2) is 8.11. The Morgan fingerprint density at radius 3 is 2.68 bits per heavy atom. The van der Waals surface area contributed by atoms with Gasteiger partial charge in [0.25, 0.3) is 5.91 Å². The number of nitrogens with one attached hydrogen (secondary N) is 1. The van der Waals surface area contributed by atoms with Crippen molar-refractivity contribution in [2.24, 2.45) is 0 Å². The van der Waals surface area contributed by atoms with Crippen molar-refractivity contribution in [1.82, 2.24) is 4.90 Å². The van der Waals surface area contributed by atoms with Gasteiger partial charge in [0.05, 0.1) is 12.7 Å². The van der Waals surface area contributed by atoms with E-state index in [1.165, 1.54) is 11.8 Å². The van der Waals surface area contributed by atoms with Crippen LogP contribution >= 0.6 is 0 Å². The molecule has 0 saturated carbocycles. The molecule has 0 unspecified atom stereocenters. The molecule has 31 heavy (non-hydrogen) atoms. The van der Waals surface area contributed by atoms with Gasteiger partial charge in [-0.25, -0.2) is 0 Å². The van der Waals surface area contributed by atoms with Crippen molar-refractivity contribution in [3.05, 3.63) is 102 Å². The molecule has 154 valence electrons. The molecule has 0 aliphatic carbocycles. The van der Waals surface area contributed by atoms with Crippen LogP contribution in [0.5, 0.6) is 0 Å². The Bertz CT molecular complexity index is 1260. The minimum absolute atomic E-state index is 0.0596. The van der Waals surface area contributed by atoms with Crippen molar-refractivity contribution in [2.45, 2.75) is 19.4 Å². The Morgan fingerprint density at radius 1 is 0.935 bits per heavy atom. The molecule has 5 rings (SSSR count). The van der Waals surface area contributed by atoms with Gasteiger partial charge in [0.15, 0.2) is 5.76 Å². The second-order valence-corrected chi connectivity index (χ2v) is 7.80. The van der Waals surface area contributed by atoms with Crippen LogP contribution in [0, 0.1) is 0 Å². The van der Waals surface area contributed by atoms with Crippen LogP contribution in [-0.4, -0.2) is 23.3 Å². The van der Waals surface area contributed by atoms with E-state index in [4.69, 9.17) is 4.42 Å². The summed E-state index contributed by atoms with van der Waals surface area (Å²) in [6.45, 7) is 1.15. The largest absolute Gasteiger partial charge is 0.459 e. The molecule has 0 radical (unpaired) electrons. The Balaban J connectivity index is 1.30. The van der Waals surface area contributed by atoms with Crippen molar-refractivity contribution in [1.29, 1.82) is 0 Å². The zero-order valence-electron chi connectivity index (χ0n) is 17.0. The first kappa shape index (κ1) is 19.1. The van der Waals surface area contributed by atoms with Crippen LogP contribution in [-0.2, 0) is 24.2 Å². The maximum absolute atomic E-state index is 12.7. The Hall–Kier alpha value is -3.86. The van der Waals surface area contributed by atoms with Crippen molar-refractivity contribution in [2.75, 3.05) is 11.9 Å². The van der Waals surface area contributed by atoms with Gasteiger partial charge >= 0.3 is 0 Å². The molecular formula is C26H22N2O3. The van der Waals surface area contributed by atoms with Crippen LogP contribution in [0.1, 0.15) is 27.2 Å². The van der Waals surface area contributed by atoms with E-state index in [-0.39, 0.29) is 11.8 Å². The summed E-state index contributed by atoms with van der Waals surface area (Å²) in [4.78, 5) is 27.1. The molecule has 2 amide bonds. The molecule has 0 bridgehead atoms. The van der Waals surface area contributed by atoms with Crippen LogP contribution in [0.15, 0.2) is 83.5 Å². The maximum atomic E-state index is 12.7. The number of carbonyl (C=O) groups is 2.